The molecule has 2 rings (SSSR count). The third-order valence-electron chi connectivity index (χ3n) is 2.62. The van der Waals surface area contributed by atoms with Crippen LogP contribution in [0.25, 0.3) is 0 Å². The summed E-state index contributed by atoms with van der Waals surface area (Å²) in [6.07, 6.45) is 0. The lowest BCUT2D eigenvalue weighted by Gasteiger charge is -2.08. The Labute approximate surface area is 121 Å². The molecule has 2 N–H and O–H groups in total. The van der Waals surface area contributed by atoms with Gasteiger partial charge in [0.25, 0.3) is 0 Å². The molecule has 0 bridgehead atoms. The molecule has 2 aromatic carbocycles. The molecule has 0 atom stereocenters. The fourth-order valence-corrected chi connectivity index (χ4v) is 2.54. The number of anilines is 1. The van der Waals surface area contributed by atoms with Gasteiger partial charge in [0, 0.05) is 15.5 Å². The Hall–Kier alpha value is -2.45. The van der Waals surface area contributed by atoms with Gasteiger partial charge < -0.3 is 10.5 Å². The molecular formula is C15H12N2O2S. The second-order valence-electron chi connectivity index (χ2n) is 3.99. The Kier molecular flexibility index (Phi) is 4.28. The molecule has 5 heteroatoms. The highest BCUT2D eigenvalue weighted by atomic mass is 32.2. The molecule has 100 valence electrons. The van der Waals surface area contributed by atoms with Crippen molar-refractivity contribution in [2.24, 2.45) is 0 Å². The van der Waals surface area contributed by atoms with Crippen LogP contribution >= 0.6 is 11.8 Å². The molecule has 2 aromatic rings. The van der Waals surface area contributed by atoms with E-state index in [-0.39, 0.29) is 0 Å². The molecular weight excluding hydrogens is 272 g/mol. The molecule has 0 heterocycles. The van der Waals surface area contributed by atoms with E-state index in [9.17, 15) is 4.79 Å². The number of ether oxygens (including phenoxy) is 1. The van der Waals surface area contributed by atoms with Crippen LogP contribution in [0.5, 0.6) is 0 Å². The fourth-order valence-electron chi connectivity index (χ4n) is 1.62. The van der Waals surface area contributed by atoms with Gasteiger partial charge in [-0.2, -0.15) is 5.26 Å². The predicted molar refractivity (Wildman–Crippen MR) is 77.5 cm³/mol. The first-order valence-electron chi connectivity index (χ1n) is 5.80. The van der Waals surface area contributed by atoms with Crippen molar-refractivity contribution in [3.05, 3.63) is 53.6 Å². The van der Waals surface area contributed by atoms with Gasteiger partial charge in [0.05, 0.1) is 24.3 Å². The number of nitrogens with zero attached hydrogens (tertiary/aromatic N) is 1. The fraction of sp³-hybridized carbons (Fsp3) is 0.0667. The average Bonchev–Trinajstić information content (AvgIpc) is 2.49. The van der Waals surface area contributed by atoms with E-state index in [4.69, 9.17) is 15.7 Å². The van der Waals surface area contributed by atoms with E-state index >= 15 is 0 Å². The Bertz CT molecular complexity index is 675. The van der Waals surface area contributed by atoms with Gasteiger partial charge in [-0.3, -0.25) is 0 Å². The predicted octanol–water partition coefficient (Wildman–Crippen LogP) is 3.08. The molecule has 0 aliphatic carbocycles. The first-order valence-corrected chi connectivity index (χ1v) is 6.61. The summed E-state index contributed by atoms with van der Waals surface area (Å²) >= 11 is 1.42. The lowest BCUT2D eigenvalue weighted by Crippen LogP contribution is -2.03. The molecule has 0 fully saturated rings. The summed E-state index contributed by atoms with van der Waals surface area (Å²) in [5.41, 5.74) is 7.13. The number of benzene rings is 2. The van der Waals surface area contributed by atoms with Crippen molar-refractivity contribution < 1.29 is 9.53 Å². The lowest BCUT2D eigenvalue weighted by atomic mass is 10.1. The first kappa shape index (κ1) is 14.0. The SMILES string of the molecule is COC(=O)c1cc(C#N)ccc1Sc1ccc(N)cc1. The molecule has 0 spiro atoms. The molecule has 0 aliphatic rings. The number of carbonyl (C=O) groups excluding carboxylic acids is 1. The first-order chi connectivity index (χ1) is 9.63. The van der Waals surface area contributed by atoms with Crippen LogP contribution in [0.3, 0.4) is 0 Å². The van der Waals surface area contributed by atoms with Crippen LogP contribution in [-0.4, -0.2) is 13.1 Å². The normalized spacial score (nSPS) is 9.80. The number of hydrogen-bond donors (Lipinski definition) is 1. The van der Waals surface area contributed by atoms with Crippen LogP contribution in [0.15, 0.2) is 52.3 Å². The van der Waals surface area contributed by atoms with E-state index < -0.39 is 5.97 Å². The van der Waals surface area contributed by atoms with Gasteiger partial charge in [-0.25, -0.2) is 4.79 Å². The smallest absolute Gasteiger partial charge is 0.339 e. The van der Waals surface area contributed by atoms with E-state index in [0.717, 1.165) is 9.79 Å². The summed E-state index contributed by atoms with van der Waals surface area (Å²) in [6.45, 7) is 0. The molecule has 0 unspecified atom stereocenters. The largest absolute Gasteiger partial charge is 0.465 e. The van der Waals surface area contributed by atoms with Crippen molar-refractivity contribution in [3.63, 3.8) is 0 Å². The maximum absolute atomic E-state index is 11.8. The molecule has 0 saturated heterocycles. The number of carbonyl (C=O) groups is 1. The summed E-state index contributed by atoms with van der Waals surface area (Å²) in [6, 6.07) is 14.3. The molecule has 0 aliphatic heterocycles. The zero-order valence-electron chi connectivity index (χ0n) is 10.8. The number of rotatable bonds is 3. The number of esters is 1. The van der Waals surface area contributed by atoms with Gasteiger partial charge in [0.15, 0.2) is 0 Å². The second kappa shape index (κ2) is 6.13. The minimum atomic E-state index is -0.458. The maximum atomic E-state index is 11.8. The van der Waals surface area contributed by atoms with Gasteiger partial charge in [-0.15, -0.1) is 0 Å². The van der Waals surface area contributed by atoms with E-state index in [1.807, 2.05) is 18.2 Å². The van der Waals surface area contributed by atoms with Crippen molar-refractivity contribution in [2.45, 2.75) is 9.79 Å². The molecule has 0 amide bonds. The Morgan fingerprint density at radius 2 is 1.95 bits per heavy atom. The van der Waals surface area contributed by atoms with Gasteiger partial charge in [0.2, 0.25) is 0 Å². The highest BCUT2D eigenvalue weighted by Crippen LogP contribution is 2.31. The number of nitrogen functional groups attached to an aromatic ring is 1. The Balaban J connectivity index is 2.38. The van der Waals surface area contributed by atoms with E-state index in [1.54, 1.807) is 24.3 Å². The molecule has 4 nitrogen and oxygen atoms in total. The number of nitriles is 1. The third-order valence-corrected chi connectivity index (χ3v) is 3.71. The van der Waals surface area contributed by atoms with E-state index in [2.05, 4.69) is 0 Å². The van der Waals surface area contributed by atoms with Gasteiger partial charge in [0.1, 0.15) is 0 Å². The monoisotopic (exact) mass is 284 g/mol. The second-order valence-corrected chi connectivity index (χ2v) is 5.10. The molecule has 0 aromatic heterocycles. The molecule has 0 radical (unpaired) electrons. The number of methoxy groups -OCH3 is 1. The van der Waals surface area contributed by atoms with E-state index in [0.29, 0.717) is 16.8 Å². The number of nitrogens with two attached hydrogens (primary N) is 1. The van der Waals surface area contributed by atoms with Crippen molar-refractivity contribution >= 4 is 23.4 Å². The van der Waals surface area contributed by atoms with E-state index in [1.165, 1.54) is 24.9 Å². The van der Waals surface area contributed by atoms with Crippen molar-refractivity contribution in [1.29, 1.82) is 5.26 Å². The Morgan fingerprint density at radius 3 is 2.55 bits per heavy atom. The zero-order valence-corrected chi connectivity index (χ0v) is 11.6. The van der Waals surface area contributed by atoms with Crippen LogP contribution in [0.1, 0.15) is 15.9 Å². The van der Waals surface area contributed by atoms with Crippen molar-refractivity contribution in [2.75, 3.05) is 12.8 Å². The minimum Gasteiger partial charge on any atom is -0.465 e. The minimum absolute atomic E-state index is 0.383. The quantitative estimate of drug-likeness (QED) is 0.692. The third kappa shape index (κ3) is 3.11. The summed E-state index contributed by atoms with van der Waals surface area (Å²) in [7, 11) is 1.32. The lowest BCUT2D eigenvalue weighted by molar-refractivity contribution is 0.0596. The highest BCUT2D eigenvalue weighted by Gasteiger charge is 2.14. The molecule has 0 saturated carbocycles. The zero-order chi connectivity index (χ0) is 14.5. The summed E-state index contributed by atoms with van der Waals surface area (Å²) in [5.74, 6) is -0.458. The summed E-state index contributed by atoms with van der Waals surface area (Å²) < 4.78 is 4.75. The standard InChI is InChI=1S/C15H12N2O2S/c1-19-15(18)13-8-10(9-16)2-7-14(13)20-12-5-3-11(17)4-6-12/h2-8H,17H2,1H3. The topological polar surface area (TPSA) is 76.1 Å². The summed E-state index contributed by atoms with van der Waals surface area (Å²) in [5, 5.41) is 8.90. The van der Waals surface area contributed by atoms with Crippen LogP contribution < -0.4 is 5.73 Å². The average molecular weight is 284 g/mol. The van der Waals surface area contributed by atoms with Crippen LogP contribution in [0.2, 0.25) is 0 Å². The van der Waals surface area contributed by atoms with Gasteiger partial charge >= 0.3 is 5.97 Å². The van der Waals surface area contributed by atoms with Crippen molar-refractivity contribution in [1.82, 2.24) is 0 Å². The van der Waals surface area contributed by atoms with Gasteiger partial charge in [-0.05, 0) is 42.5 Å². The van der Waals surface area contributed by atoms with Crippen LogP contribution in [-0.2, 0) is 4.74 Å². The highest BCUT2D eigenvalue weighted by molar-refractivity contribution is 7.99. The van der Waals surface area contributed by atoms with Crippen LogP contribution in [0.4, 0.5) is 5.69 Å². The maximum Gasteiger partial charge on any atom is 0.339 e. The molecule has 20 heavy (non-hydrogen) atoms. The number of hydrogen-bond acceptors (Lipinski definition) is 5. The summed E-state index contributed by atoms with van der Waals surface area (Å²) in [4.78, 5) is 13.5. The Morgan fingerprint density at radius 1 is 1.25 bits per heavy atom. The van der Waals surface area contributed by atoms with Crippen molar-refractivity contribution in [3.8, 4) is 6.07 Å². The van der Waals surface area contributed by atoms with Crippen LogP contribution in [0, 0.1) is 11.3 Å². The van der Waals surface area contributed by atoms with Gasteiger partial charge in [-0.1, -0.05) is 11.8 Å².